The zero-order chi connectivity index (χ0) is 24.5. The molecule has 1 aromatic carbocycles. The van der Waals surface area contributed by atoms with Gasteiger partial charge in [0.2, 0.25) is 5.91 Å². The maximum absolute atomic E-state index is 14.6. The highest BCUT2D eigenvalue weighted by Crippen LogP contribution is 2.40. The van der Waals surface area contributed by atoms with E-state index in [1.807, 2.05) is 0 Å². The van der Waals surface area contributed by atoms with Gasteiger partial charge in [-0.25, -0.2) is 17.6 Å². The van der Waals surface area contributed by atoms with E-state index < -0.39 is 41.8 Å². The Balaban J connectivity index is 1.40. The number of anilines is 1. The number of piperidine rings is 1. The lowest BCUT2D eigenvalue weighted by Gasteiger charge is -2.40. The van der Waals surface area contributed by atoms with Gasteiger partial charge in [-0.3, -0.25) is 15.0 Å². The Morgan fingerprint density at radius 2 is 1.97 bits per heavy atom. The number of halogens is 4. The van der Waals surface area contributed by atoms with Gasteiger partial charge >= 0.3 is 6.01 Å². The number of amides is 1. The first kappa shape index (κ1) is 23.6. The number of benzene rings is 1. The van der Waals surface area contributed by atoms with E-state index in [0.29, 0.717) is 10.3 Å². The summed E-state index contributed by atoms with van der Waals surface area (Å²) in [6.45, 7) is 1.47. The van der Waals surface area contributed by atoms with Gasteiger partial charge in [0.1, 0.15) is 11.6 Å². The van der Waals surface area contributed by atoms with Crippen LogP contribution in [0.3, 0.4) is 0 Å². The SMILES string of the molecule is C[C@@H](C(=O)Nc1nc(Cc2cc(F)cc(F)c2)no1)N1CCC(F)(F)[C@@H](c2cc[n+]([O-])cc2)C1. The van der Waals surface area contributed by atoms with Crippen molar-refractivity contribution in [3.05, 3.63) is 76.5 Å². The number of carbonyl (C=O) groups is 1. The number of alkyl halides is 2. The summed E-state index contributed by atoms with van der Waals surface area (Å²) in [6, 6.07) is 4.70. The molecule has 1 amide bonds. The molecule has 3 heterocycles. The van der Waals surface area contributed by atoms with Crippen LogP contribution >= 0.6 is 0 Å². The van der Waals surface area contributed by atoms with Gasteiger partial charge in [-0.05, 0) is 30.2 Å². The van der Waals surface area contributed by atoms with Crippen molar-refractivity contribution in [2.45, 2.75) is 37.6 Å². The van der Waals surface area contributed by atoms with Crippen molar-refractivity contribution in [1.29, 1.82) is 0 Å². The minimum atomic E-state index is -2.99. The van der Waals surface area contributed by atoms with Crippen LogP contribution in [-0.2, 0) is 11.2 Å². The molecule has 34 heavy (non-hydrogen) atoms. The Morgan fingerprint density at radius 1 is 1.29 bits per heavy atom. The van der Waals surface area contributed by atoms with Crippen LogP contribution in [0.5, 0.6) is 0 Å². The van der Waals surface area contributed by atoms with Gasteiger partial charge in [0, 0.05) is 44.1 Å². The number of hydrogen-bond donors (Lipinski definition) is 1. The first-order valence-corrected chi connectivity index (χ1v) is 10.5. The molecule has 0 saturated carbocycles. The average molecular weight is 479 g/mol. The summed E-state index contributed by atoms with van der Waals surface area (Å²) in [5, 5.41) is 17.4. The molecule has 3 aromatic rings. The molecule has 0 radical (unpaired) electrons. The van der Waals surface area contributed by atoms with Gasteiger partial charge < -0.3 is 9.73 Å². The Bertz CT molecular complexity index is 1150. The molecule has 0 aliphatic carbocycles. The topological polar surface area (TPSA) is 98.2 Å². The Kier molecular flexibility index (Phi) is 6.51. The molecule has 1 N–H and O–H groups in total. The van der Waals surface area contributed by atoms with Crippen molar-refractivity contribution in [2.75, 3.05) is 18.4 Å². The van der Waals surface area contributed by atoms with Crippen molar-refractivity contribution in [2.24, 2.45) is 0 Å². The monoisotopic (exact) mass is 479 g/mol. The van der Waals surface area contributed by atoms with Crippen molar-refractivity contribution in [3.63, 3.8) is 0 Å². The molecular formula is C22H21F4N5O3. The van der Waals surface area contributed by atoms with Gasteiger partial charge in [-0.2, -0.15) is 9.71 Å². The minimum Gasteiger partial charge on any atom is -0.619 e. The maximum atomic E-state index is 14.6. The number of likely N-dealkylation sites (tertiary alicyclic amines) is 1. The van der Waals surface area contributed by atoms with E-state index in [2.05, 4.69) is 15.5 Å². The van der Waals surface area contributed by atoms with E-state index in [-0.39, 0.29) is 36.9 Å². The lowest BCUT2D eigenvalue weighted by molar-refractivity contribution is -0.605. The number of aromatic nitrogens is 3. The number of nitrogens with one attached hydrogen (secondary N) is 1. The second-order valence-electron chi connectivity index (χ2n) is 8.19. The van der Waals surface area contributed by atoms with Crippen LogP contribution < -0.4 is 10.0 Å². The van der Waals surface area contributed by atoms with Gasteiger partial charge in [-0.1, -0.05) is 5.16 Å². The number of rotatable bonds is 6. The van der Waals surface area contributed by atoms with Crippen molar-refractivity contribution >= 4 is 11.9 Å². The standard InChI is InChI=1S/C22H21F4N5O3/c1-13(30-7-4-22(25,26)18(12-30)15-2-5-31(33)6-3-15)20(32)28-21-27-19(29-34-21)10-14-8-16(23)11-17(24)9-14/h2-3,5-6,8-9,11,13,18H,4,7,10,12H2,1H3,(H,27,28,29,32)/t13-,18+/m0/s1. The Morgan fingerprint density at radius 3 is 2.65 bits per heavy atom. The zero-order valence-corrected chi connectivity index (χ0v) is 18.1. The first-order chi connectivity index (χ1) is 16.1. The molecule has 2 atom stereocenters. The van der Waals surface area contributed by atoms with Crippen LogP contribution in [0.2, 0.25) is 0 Å². The highest BCUT2D eigenvalue weighted by Gasteiger charge is 2.46. The summed E-state index contributed by atoms with van der Waals surface area (Å²) in [6.07, 6.45) is 1.85. The molecule has 0 unspecified atom stereocenters. The van der Waals surface area contributed by atoms with Crippen LogP contribution in [0.15, 0.2) is 47.2 Å². The number of nitrogens with zero attached hydrogens (tertiary/aromatic N) is 4. The fourth-order valence-corrected chi connectivity index (χ4v) is 3.93. The van der Waals surface area contributed by atoms with E-state index >= 15 is 0 Å². The van der Waals surface area contributed by atoms with Crippen molar-refractivity contribution in [3.8, 4) is 0 Å². The molecule has 12 heteroatoms. The summed E-state index contributed by atoms with van der Waals surface area (Å²) in [7, 11) is 0. The summed E-state index contributed by atoms with van der Waals surface area (Å²) in [5.74, 6) is -6.09. The normalized spacial score (nSPS) is 19.0. The van der Waals surface area contributed by atoms with Crippen LogP contribution in [0.4, 0.5) is 23.6 Å². The second-order valence-corrected chi connectivity index (χ2v) is 8.19. The largest absolute Gasteiger partial charge is 0.619 e. The molecule has 1 fully saturated rings. The molecule has 8 nitrogen and oxygen atoms in total. The molecule has 180 valence electrons. The fourth-order valence-electron chi connectivity index (χ4n) is 3.93. The molecule has 4 rings (SSSR count). The van der Waals surface area contributed by atoms with Crippen molar-refractivity contribution in [1.82, 2.24) is 15.0 Å². The molecule has 0 spiro atoms. The summed E-state index contributed by atoms with van der Waals surface area (Å²) in [4.78, 5) is 18.3. The minimum absolute atomic E-state index is 0.00725. The summed E-state index contributed by atoms with van der Waals surface area (Å²) >= 11 is 0. The molecule has 0 bridgehead atoms. The van der Waals surface area contributed by atoms with Crippen LogP contribution in [0.1, 0.15) is 36.2 Å². The van der Waals surface area contributed by atoms with Gasteiger partial charge in [-0.15, -0.1) is 0 Å². The molecular weight excluding hydrogens is 458 g/mol. The molecule has 1 aliphatic rings. The summed E-state index contributed by atoms with van der Waals surface area (Å²) < 4.78 is 61.4. The number of carbonyl (C=O) groups excluding carboxylic acids is 1. The van der Waals surface area contributed by atoms with E-state index in [1.165, 1.54) is 12.1 Å². The van der Waals surface area contributed by atoms with Crippen LogP contribution in [-0.4, -0.2) is 46.0 Å². The average Bonchev–Trinajstić information content (AvgIpc) is 3.19. The lowest BCUT2D eigenvalue weighted by atomic mass is 9.87. The van der Waals surface area contributed by atoms with Gasteiger partial charge in [0.25, 0.3) is 5.92 Å². The third-order valence-electron chi connectivity index (χ3n) is 5.80. The quantitative estimate of drug-likeness (QED) is 0.332. The third kappa shape index (κ3) is 5.33. The highest BCUT2D eigenvalue weighted by atomic mass is 19.3. The van der Waals surface area contributed by atoms with E-state index in [9.17, 15) is 27.6 Å². The van der Waals surface area contributed by atoms with Gasteiger partial charge in [0.05, 0.1) is 12.0 Å². The molecule has 2 aromatic heterocycles. The Hall–Kier alpha value is -3.54. The molecule has 1 aliphatic heterocycles. The third-order valence-corrected chi connectivity index (χ3v) is 5.80. The second kappa shape index (κ2) is 9.37. The Labute approximate surface area is 191 Å². The number of pyridine rings is 1. The zero-order valence-electron chi connectivity index (χ0n) is 18.1. The highest BCUT2D eigenvalue weighted by molar-refractivity contribution is 5.92. The predicted octanol–water partition coefficient (Wildman–Crippen LogP) is 3.02. The van der Waals surface area contributed by atoms with Crippen molar-refractivity contribution < 1.29 is 31.6 Å². The predicted molar refractivity (Wildman–Crippen MR) is 111 cm³/mol. The van der Waals surface area contributed by atoms with E-state index in [1.54, 1.807) is 11.8 Å². The summed E-state index contributed by atoms with van der Waals surface area (Å²) in [5.41, 5.74) is 0.595. The first-order valence-electron chi connectivity index (χ1n) is 10.5. The fraction of sp³-hybridized carbons (Fsp3) is 0.364. The van der Waals surface area contributed by atoms with Crippen LogP contribution in [0.25, 0.3) is 0 Å². The van der Waals surface area contributed by atoms with E-state index in [0.717, 1.165) is 30.6 Å². The molecule has 1 saturated heterocycles. The maximum Gasteiger partial charge on any atom is 0.328 e. The van der Waals surface area contributed by atoms with Crippen LogP contribution in [0, 0.1) is 16.8 Å². The smallest absolute Gasteiger partial charge is 0.328 e. The number of hydrogen-bond acceptors (Lipinski definition) is 6. The van der Waals surface area contributed by atoms with Gasteiger partial charge in [0.15, 0.2) is 18.2 Å². The lowest BCUT2D eigenvalue weighted by Crippen LogP contribution is -2.52. The van der Waals surface area contributed by atoms with E-state index in [4.69, 9.17) is 4.52 Å².